The van der Waals surface area contributed by atoms with Crippen molar-refractivity contribution in [3.8, 4) is 0 Å². The second-order valence-corrected chi connectivity index (χ2v) is 3.96. The van der Waals surface area contributed by atoms with Gasteiger partial charge in [0.1, 0.15) is 0 Å². The summed E-state index contributed by atoms with van der Waals surface area (Å²) in [5, 5.41) is 10.5. The topological polar surface area (TPSA) is 20.2 Å². The first-order valence-corrected chi connectivity index (χ1v) is 5.14. The Hall–Kier alpha value is -1.55. The molecule has 1 N–H and O–H groups in total. The maximum Gasteiger partial charge on any atom is 0.418 e. The minimum Gasteiger partial charge on any atom is -0.379 e. The predicted octanol–water partition coefficient (Wildman–Crippen LogP) is 3.74. The van der Waals surface area contributed by atoms with Crippen LogP contribution in [0, 0.1) is 6.92 Å². The summed E-state index contributed by atoms with van der Waals surface area (Å²) < 4.78 is 37.5. The molecule has 0 unspecified atom stereocenters. The Morgan fingerprint density at radius 1 is 1.00 bits per heavy atom. The smallest absolute Gasteiger partial charge is 0.379 e. The molecule has 4 heteroatoms. The molecular formula is C13H11F3O. The average molecular weight is 240 g/mol. The molecule has 0 fully saturated rings. The number of aliphatic hydroxyl groups excluding tert-OH is 1. The van der Waals surface area contributed by atoms with Gasteiger partial charge in [0, 0.05) is 0 Å². The molecule has 0 heterocycles. The number of alkyl halides is 3. The van der Waals surface area contributed by atoms with Gasteiger partial charge in [-0.3, -0.25) is 0 Å². The zero-order valence-corrected chi connectivity index (χ0v) is 9.12. The first kappa shape index (κ1) is 11.9. The van der Waals surface area contributed by atoms with E-state index in [0.717, 1.165) is 10.9 Å². The van der Waals surface area contributed by atoms with E-state index >= 15 is 0 Å². The number of hydrogen-bond donors (Lipinski definition) is 1. The lowest BCUT2D eigenvalue weighted by molar-refractivity contribution is -0.206. The van der Waals surface area contributed by atoms with E-state index in [4.69, 9.17) is 0 Å². The summed E-state index contributed by atoms with van der Waals surface area (Å²) in [4.78, 5) is 0. The highest BCUT2D eigenvalue weighted by Gasteiger charge is 2.40. The van der Waals surface area contributed by atoms with E-state index in [-0.39, 0.29) is 5.56 Å². The van der Waals surface area contributed by atoms with Crippen LogP contribution in [0.15, 0.2) is 36.4 Å². The zero-order chi connectivity index (χ0) is 12.6. The number of hydrogen-bond acceptors (Lipinski definition) is 1. The second kappa shape index (κ2) is 4.04. The fraction of sp³-hybridized carbons (Fsp3) is 0.231. The maximum atomic E-state index is 12.5. The van der Waals surface area contributed by atoms with Crippen molar-refractivity contribution in [3.05, 3.63) is 47.5 Å². The van der Waals surface area contributed by atoms with E-state index in [1.807, 2.05) is 6.92 Å². The summed E-state index contributed by atoms with van der Waals surface area (Å²) in [6, 6.07) is 9.68. The van der Waals surface area contributed by atoms with Crippen LogP contribution < -0.4 is 0 Å². The van der Waals surface area contributed by atoms with Crippen molar-refractivity contribution < 1.29 is 18.3 Å². The van der Waals surface area contributed by atoms with Crippen LogP contribution in [0.2, 0.25) is 0 Å². The average Bonchev–Trinajstić information content (AvgIpc) is 2.28. The number of fused-ring (bicyclic) bond motifs is 1. The Bertz CT molecular complexity index is 546. The first-order chi connectivity index (χ1) is 7.91. The van der Waals surface area contributed by atoms with Crippen molar-refractivity contribution in [2.75, 3.05) is 0 Å². The SMILES string of the molecule is Cc1ccc([C@H](O)C(F)(F)F)c2ccccc12. The van der Waals surface area contributed by atoms with Crippen LogP contribution in [0.1, 0.15) is 17.2 Å². The molecule has 1 nitrogen and oxygen atoms in total. The molecule has 0 spiro atoms. The van der Waals surface area contributed by atoms with E-state index in [2.05, 4.69) is 0 Å². The lowest BCUT2D eigenvalue weighted by atomic mass is 9.97. The minimum atomic E-state index is -4.64. The second-order valence-electron chi connectivity index (χ2n) is 3.96. The molecule has 0 aliphatic heterocycles. The van der Waals surface area contributed by atoms with Crippen LogP contribution in [0.3, 0.4) is 0 Å². The van der Waals surface area contributed by atoms with Gasteiger partial charge >= 0.3 is 6.18 Å². The Labute approximate surface area is 96.5 Å². The third-order valence-electron chi connectivity index (χ3n) is 2.78. The zero-order valence-electron chi connectivity index (χ0n) is 9.12. The summed E-state index contributed by atoms with van der Waals surface area (Å²) in [5.74, 6) is 0. The number of benzene rings is 2. The largest absolute Gasteiger partial charge is 0.418 e. The third-order valence-corrected chi connectivity index (χ3v) is 2.78. The first-order valence-electron chi connectivity index (χ1n) is 5.14. The van der Waals surface area contributed by atoms with Crippen molar-refractivity contribution in [2.45, 2.75) is 19.2 Å². The summed E-state index contributed by atoms with van der Waals surface area (Å²) in [5.41, 5.74) is 0.789. The Morgan fingerprint density at radius 2 is 1.59 bits per heavy atom. The van der Waals surface area contributed by atoms with Crippen LogP contribution in [0.4, 0.5) is 13.2 Å². The minimum absolute atomic E-state index is 0.0984. The van der Waals surface area contributed by atoms with Gasteiger partial charge in [-0.25, -0.2) is 0 Å². The predicted molar refractivity (Wildman–Crippen MR) is 59.7 cm³/mol. The molecule has 0 aliphatic carbocycles. The fourth-order valence-electron chi connectivity index (χ4n) is 1.89. The van der Waals surface area contributed by atoms with Gasteiger partial charge in [-0.05, 0) is 28.8 Å². The highest BCUT2D eigenvalue weighted by molar-refractivity contribution is 5.88. The molecule has 90 valence electrons. The summed E-state index contributed by atoms with van der Waals surface area (Å²) in [7, 11) is 0. The summed E-state index contributed by atoms with van der Waals surface area (Å²) in [6.07, 6.45) is -7.08. The molecule has 2 aromatic rings. The van der Waals surface area contributed by atoms with Crippen LogP contribution >= 0.6 is 0 Å². The Balaban J connectivity index is 2.67. The van der Waals surface area contributed by atoms with E-state index in [1.165, 1.54) is 6.07 Å². The van der Waals surface area contributed by atoms with Crippen LogP contribution in [-0.4, -0.2) is 11.3 Å². The molecule has 0 bridgehead atoms. The van der Waals surface area contributed by atoms with Crippen molar-refractivity contribution in [1.29, 1.82) is 0 Å². The van der Waals surface area contributed by atoms with Crippen LogP contribution in [0.25, 0.3) is 10.8 Å². The van der Waals surface area contributed by atoms with E-state index in [9.17, 15) is 18.3 Å². The summed E-state index contributed by atoms with van der Waals surface area (Å²) >= 11 is 0. The number of rotatable bonds is 1. The van der Waals surface area contributed by atoms with Crippen molar-refractivity contribution in [3.63, 3.8) is 0 Å². The molecule has 1 atom stereocenters. The Kier molecular flexibility index (Phi) is 2.83. The normalized spacial score (nSPS) is 13.9. The van der Waals surface area contributed by atoms with Crippen molar-refractivity contribution in [1.82, 2.24) is 0 Å². The quantitative estimate of drug-likeness (QED) is 0.805. The lowest BCUT2D eigenvalue weighted by Crippen LogP contribution is -2.20. The molecule has 2 rings (SSSR count). The molecule has 0 aromatic heterocycles. The van der Waals surface area contributed by atoms with Gasteiger partial charge < -0.3 is 5.11 Å². The Morgan fingerprint density at radius 3 is 2.18 bits per heavy atom. The van der Waals surface area contributed by atoms with Gasteiger partial charge in [0.15, 0.2) is 6.10 Å². The highest BCUT2D eigenvalue weighted by Crippen LogP contribution is 2.36. The number of aliphatic hydroxyl groups is 1. The van der Waals surface area contributed by atoms with E-state index < -0.39 is 12.3 Å². The maximum absolute atomic E-state index is 12.5. The fourth-order valence-corrected chi connectivity index (χ4v) is 1.89. The standard InChI is InChI=1S/C13H11F3O/c1-8-6-7-11(12(17)13(14,15)16)10-5-3-2-4-9(8)10/h2-7,12,17H,1H3/t12-/m0/s1. The van der Waals surface area contributed by atoms with E-state index in [1.54, 1.807) is 30.3 Å². The van der Waals surface area contributed by atoms with Crippen molar-refractivity contribution >= 4 is 10.8 Å². The van der Waals surface area contributed by atoms with E-state index in [0.29, 0.717) is 5.39 Å². The molecule has 0 amide bonds. The molecule has 0 saturated carbocycles. The third kappa shape index (κ3) is 2.13. The number of aryl methyl sites for hydroxylation is 1. The molecule has 17 heavy (non-hydrogen) atoms. The van der Waals surface area contributed by atoms with Gasteiger partial charge in [-0.1, -0.05) is 36.4 Å². The number of halogens is 3. The van der Waals surface area contributed by atoms with Crippen molar-refractivity contribution in [2.24, 2.45) is 0 Å². The van der Waals surface area contributed by atoms with Gasteiger partial charge in [0.25, 0.3) is 0 Å². The molecular weight excluding hydrogens is 229 g/mol. The molecule has 0 radical (unpaired) electrons. The highest BCUT2D eigenvalue weighted by atomic mass is 19.4. The molecule has 0 saturated heterocycles. The van der Waals surface area contributed by atoms with Gasteiger partial charge in [-0.2, -0.15) is 13.2 Å². The van der Waals surface area contributed by atoms with Crippen LogP contribution in [-0.2, 0) is 0 Å². The monoisotopic (exact) mass is 240 g/mol. The molecule has 0 aliphatic rings. The summed E-state index contributed by atoms with van der Waals surface area (Å²) in [6.45, 7) is 1.83. The molecule has 2 aromatic carbocycles. The van der Waals surface area contributed by atoms with Gasteiger partial charge in [-0.15, -0.1) is 0 Å². The van der Waals surface area contributed by atoms with Crippen LogP contribution in [0.5, 0.6) is 0 Å². The lowest BCUT2D eigenvalue weighted by Gasteiger charge is -2.17. The van der Waals surface area contributed by atoms with Gasteiger partial charge in [0.05, 0.1) is 0 Å². The van der Waals surface area contributed by atoms with Gasteiger partial charge in [0.2, 0.25) is 0 Å².